The van der Waals surface area contributed by atoms with Crippen molar-refractivity contribution in [1.29, 1.82) is 0 Å². The van der Waals surface area contributed by atoms with E-state index in [1.54, 1.807) is 0 Å². The van der Waals surface area contributed by atoms with Crippen molar-refractivity contribution < 1.29 is 9.59 Å². The van der Waals surface area contributed by atoms with Crippen molar-refractivity contribution >= 4 is 11.8 Å². The first-order chi connectivity index (χ1) is 10.7. The lowest BCUT2D eigenvalue weighted by atomic mass is 10.1. The van der Waals surface area contributed by atoms with Crippen LogP contribution in [0.25, 0.3) is 0 Å². The van der Waals surface area contributed by atoms with Crippen LogP contribution >= 0.6 is 0 Å². The van der Waals surface area contributed by atoms with Crippen LogP contribution in [-0.2, 0) is 22.4 Å². The topological polar surface area (TPSA) is 37.4 Å². The van der Waals surface area contributed by atoms with Crippen molar-refractivity contribution in [2.24, 2.45) is 0 Å². The number of rotatable bonds is 6. The molecule has 0 unspecified atom stereocenters. The summed E-state index contributed by atoms with van der Waals surface area (Å²) >= 11 is 0. The van der Waals surface area contributed by atoms with Crippen LogP contribution in [0.15, 0.2) is 60.7 Å². The van der Waals surface area contributed by atoms with Crippen LogP contribution in [0.3, 0.4) is 0 Å². The van der Waals surface area contributed by atoms with Crippen molar-refractivity contribution in [3.05, 3.63) is 71.8 Å². The van der Waals surface area contributed by atoms with Gasteiger partial charge in [-0.25, -0.2) is 0 Å². The predicted molar refractivity (Wildman–Crippen MR) is 87.3 cm³/mol. The first kappa shape index (κ1) is 16.0. The van der Waals surface area contributed by atoms with Crippen LogP contribution < -0.4 is 0 Å². The van der Waals surface area contributed by atoms with Gasteiger partial charge < -0.3 is 0 Å². The quantitative estimate of drug-likeness (QED) is 0.820. The summed E-state index contributed by atoms with van der Waals surface area (Å²) in [5.41, 5.74) is 2.24. The molecule has 2 amide bonds. The summed E-state index contributed by atoms with van der Waals surface area (Å²) < 4.78 is 0. The maximum atomic E-state index is 12.3. The third-order valence-corrected chi connectivity index (χ3v) is 3.62. The van der Waals surface area contributed by atoms with Gasteiger partial charge in [-0.3, -0.25) is 14.5 Å². The lowest BCUT2D eigenvalue weighted by molar-refractivity contribution is -0.143. The van der Waals surface area contributed by atoms with E-state index in [-0.39, 0.29) is 11.8 Å². The third-order valence-electron chi connectivity index (χ3n) is 3.62. The Morgan fingerprint density at radius 3 is 1.82 bits per heavy atom. The first-order valence-electron chi connectivity index (χ1n) is 7.55. The van der Waals surface area contributed by atoms with E-state index < -0.39 is 0 Å². The Balaban J connectivity index is 1.89. The highest BCUT2D eigenvalue weighted by atomic mass is 16.2. The zero-order chi connectivity index (χ0) is 15.8. The number of hydrogen-bond donors (Lipinski definition) is 0. The fraction of sp³-hybridized carbons (Fsp3) is 0.263. The van der Waals surface area contributed by atoms with Crippen molar-refractivity contribution in [3.8, 4) is 0 Å². The molecule has 0 aliphatic carbocycles. The van der Waals surface area contributed by atoms with Crippen LogP contribution in [0.1, 0.15) is 24.5 Å². The molecule has 2 aromatic rings. The minimum atomic E-state index is -0.186. The molecular formula is C19H21NO2. The van der Waals surface area contributed by atoms with Gasteiger partial charge in [0, 0.05) is 19.9 Å². The van der Waals surface area contributed by atoms with E-state index in [4.69, 9.17) is 0 Å². The van der Waals surface area contributed by atoms with Crippen LogP contribution in [0.4, 0.5) is 0 Å². The largest absolute Gasteiger partial charge is 0.283 e. The Morgan fingerprint density at radius 1 is 0.818 bits per heavy atom. The third kappa shape index (κ3) is 4.85. The summed E-state index contributed by atoms with van der Waals surface area (Å²) in [6, 6.07) is 19.7. The Hall–Kier alpha value is -2.42. The van der Waals surface area contributed by atoms with Gasteiger partial charge in [-0.2, -0.15) is 0 Å². The first-order valence-corrected chi connectivity index (χ1v) is 7.55. The molecule has 114 valence electrons. The molecule has 22 heavy (non-hydrogen) atoms. The normalized spacial score (nSPS) is 10.2. The van der Waals surface area contributed by atoms with Gasteiger partial charge in [-0.1, -0.05) is 60.7 Å². The van der Waals surface area contributed by atoms with E-state index in [0.29, 0.717) is 25.8 Å². The van der Waals surface area contributed by atoms with Crippen molar-refractivity contribution in [2.45, 2.75) is 26.2 Å². The van der Waals surface area contributed by atoms with Gasteiger partial charge in [0.15, 0.2) is 0 Å². The summed E-state index contributed by atoms with van der Waals surface area (Å²) in [7, 11) is 0. The summed E-state index contributed by atoms with van der Waals surface area (Å²) in [6.07, 6.45) is 1.71. The fourth-order valence-corrected chi connectivity index (χ4v) is 2.37. The van der Waals surface area contributed by atoms with Crippen LogP contribution in [0, 0.1) is 0 Å². The molecule has 0 aliphatic rings. The van der Waals surface area contributed by atoms with Gasteiger partial charge in [0.2, 0.25) is 11.8 Å². The highest BCUT2D eigenvalue weighted by Crippen LogP contribution is 2.07. The van der Waals surface area contributed by atoms with E-state index in [1.165, 1.54) is 11.8 Å². The van der Waals surface area contributed by atoms with Crippen molar-refractivity contribution in [1.82, 2.24) is 4.90 Å². The molecule has 0 fully saturated rings. The minimum Gasteiger partial charge on any atom is -0.283 e. The molecular weight excluding hydrogens is 274 g/mol. The maximum Gasteiger partial charge on any atom is 0.229 e. The number of amides is 2. The summed E-state index contributed by atoms with van der Waals surface area (Å²) in [4.78, 5) is 25.4. The number of nitrogens with zero attached hydrogens (tertiary/aromatic N) is 1. The van der Waals surface area contributed by atoms with Gasteiger partial charge in [0.05, 0.1) is 0 Å². The zero-order valence-electron chi connectivity index (χ0n) is 12.9. The lowest BCUT2D eigenvalue weighted by Crippen LogP contribution is -2.37. The van der Waals surface area contributed by atoms with E-state index in [9.17, 15) is 9.59 Å². The number of benzene rings is 2. The molecule has 0 aliphatic heterocycles. The van der Waals surface area contributed by atoms with E-state index in [1.807, 2.05) is 60.7 Å². The van der Waals surface area contributed by atoms with Gasteiger partial charge in [0.1, 0.15) is 0 Å². The molecule has 0 saturated carbocycles. The molecule has 0 aromatic heterocycles. The zero-order valence-corrected chi connectivity index (χ0v) is 12.9. The highest BCUT2D eigenvalue weighted by Gasteiger charge is 2.17. The summed E-state index contributed by atoms with van der Waals surface area (Å²) in [5.74, 6) is -0.290. The second-order valence-corrected chi connectivity index (χ2v) is 5.29. The second-order valence-electron chi connectivity index (χ2n) is 5.29. The number of hydrogen-bond acceptors (Lipinski definition) is 2. The molecule has 0 heterocycles. The Labute approximate surface area is 131 Å². The van der Waals surface area contributed by atoms with E-state index >= 15 is 0 Å². The standard InChI is InChI=1S/C19H21NO2/c1-16(21)20(15-14-18-10-6-3-7-11-18)19(22)13-12-17-8-4-2-5-9-17/h2-11H,12-15H2,1H3. The molecule has 0 bridgehead atoms. The molecule has 0 radical (unpaired) electrons. The van der Waals surface area contributed by atoms with Crippen molar-refractivity contribution in [2.75, 3.05) is 6.54 Å². The van der Waals surface area contributed by atoms with E-state index in [0.717, 1.165) is 11.1 Å². The highest BCUT2D eigenvalue weighted by molar-refractivity contribution is 5.94. The van der Waals surface area contributed by atoms with Gasteiger partial charge >= 0.3 is 0 Å². The Bertz CT molecular complexity index is 608. The summed E-state index contributed by atoms with van der Waals surface area (Å²) in [6.45, 7) is 1.89. The van der Waals surface area contributed by atoms with Crippen LogP contribution in [0.5, 0.6) is 0 Å². The van der Waals surface area contributed by atoms with Gasteiger partial charge in [-0.05, 0) is 24.0 Å². The molecule has 2 rings (SSSR count). The monoisotopic (exact) mass is 295 g/mol. The number of carbonyl (C=O) groups is 2. The fourth-order valence-electron chi connectivity index (χ4n) is 2.37. The Morgan fingerprint density at radius 2 is 1.32 bits per heavy atom. The summed E-state index contributed by atoms with van der Waals surface area (Å²) in [5, 5.41) is 0. The average Bonchev–Trinajstić information content (AvgIpc) is 2.55. The SMILES string of the molecule is CC(=O)N(CCc1ccccc1)C(=O)CCc1ccccc1. The molecule has 3 nitrogen and oxygen atoms in total. The number of imide groups is 1. The smallest absolute Gasteiger partial charge is 0.229 e. The number of aryl methyl sites for hydroxylation is 1. The molecule has 0 atom stereocenters. The van der Waals surface area contributed by atoms with Crippen LogP contribution in [0.2, 0.25) is 0 Å². The molecule has 3 heteroatoms. The molecule has 0 saturated heterocycles. The molecule has 0 N–H and O–H groups in total. The average molecular weight is 295 g/mol. The second kappa shape index (κ2) is 8.13. The van der Waals surface area contributed by atoms with Crippen molar-refractivity contribution in [3.63, 3.8) is 0 Å². The molecule has 2 aromatic carbocycles. The minimum absolute atomic E-state index is 0.104. The maximum absolute atomic E-state index is 12.3. The van der Waals surface area contributed by atoms with E-state index in [2.05, 4.69) is 0 Å². The number of carbonyl (C=O) groups excluding carboxylic acids is 2. The van der Waals surface area contributed by atoms with Gasteiger partial charge in [0.25, 0.3) is 0 Å². The van der Waals surface area contributed by atoms with Gasteiger partial charge in [-0.15, -0.1) is 0 Å². The van der Waals surface area contributed by atoms with Crippen LogP contribution in [-0.4, -0.2) is 23.3 Å². The lowest BCUT2D eigenvalue weighted by Gasteiger charge is -2.19. The Kier molecular flexibility index (Phi) is 5.90. The predicted octanol–water partition coefficient (Wildman–Crippen LogP) is 3.24. The molecule has 0 spiro atoms.